The summed E-state index contributed by atoms with van der Waals surface area (Å²) in [5.74, 6) is 0.395. The number of aromatic nitrogens is 2. The topological polar surface area (TPSA) is 79.8 Å². The highest BCUT2D eigenvalue weighted by molar-refractivity contribution is 6.30. The minimum absolute atomic E-state index is 0.0141. The van der Waals surface area contributed by atoms with Gasteiger partial charge < -0.3 is 14.8 Å². The zero-order valence-corrected chi connectivity index (χ0v) is 15.8. The maximum Gasteiger partial charge on any atom is 0.349 e. The monoisotopic (exact) mass is 383 g/mol. The molecule has 3 heterocycles. The van der Waals surface area contributed by atoms with E-state index in [2.05, 4.69) is 10.3 Å². The number of pyridine rings is 1. The Morgan fingerprint density at radius 2 is 1.93 bits per heavy atom. The Balaban J connectivity index is 2.09. The highest BCUT2D eigenvalue weighted by Gasteiger charge is 2.25. The van der Waals surface area contributed by atoms with Gasteiger partial charge in [-0.05, 0) is 45.0 Å². The molecule has 0 radical (unpaired) electrons. The Labute approximate surface area is 160 Å². The van der Waals surface area contributed by atoms with Crippen molar-refractivity contribution in [3.8, 4) is 17.0 Å². The van der Waals surface area contributed by atoms with Gasteiger partial charge in [-0.25, -0.2) is 9.78 Å². The summed E-state index contributed by atoms with van der Waals surface area (Å²) in [6, 6.07) is 10.3. The lowest BCUT2D eigenvalue weighted by Gasteiger charge is -2.22. The summed E-state index contributed by atoms with van der Waals surface area (Å²) in [4.78, 5) is 17.2. The number of hydrogen-bond donors (Lipinski definition) is 2. The van der Waals surface area contributed by atoms with Crippen LogP contribution in [0.25, 0.3) is 27.9 Å². The molecule has 0 unspecified atom stereocenters. The van der Waals surface area contributed by atoms with E-state index in [0.29, 0.717) is 33.2 Å². The van der Waals surface area contributed by atoms with Gasteiger partial charge in [0.1, 0.15) is 34.1 Å². The molecule has 0 atom stereocenters. The van der Waals surface area contributed by atoms with E-state index in [1.807, 2.05) is 20.8 Å². The number of benzene rings is 1. The third kappa shape index (κ3) is 3.02. The maximum atomic E-state index is 12.7. The molecule has 0 spiro atoms. The Morgan fingerprint density at radius 1 is 1.19 bits per heavy atom. The van der Waals surface area contributed by atoms with E-state index in [1.54, 1.807) is 47.0 Å². The first-order valence-electron chi connectivity index (χ1n) is 8.45. The number of anilines is 1. The summed E-state index contributed by atoms with van der Waals surface area (Å²) in [5, 5.41) is 15.1. The summed E-state index contributed by atoms with van der Waals surface area (Å²) in [7, 11) is 0. The van der Waals surface area contributed by atoms with Crippen molar-refractivity contribution in [3.05, 3.63) is 58.0 Å². The number of rotatable bonds is 2. The molecular weight excluding hydrogens is 366 g/mol. The zero-order valence-electron chi connectivity index (χ0n) is 15.1. The van der Waals surface area contributed by atoms with Crippen LogP contribution in [0.2, 0.25) is 5.02 Å². The predicted octanol–water partition coefficient (Wildman–Crippen LogP) is 4.68. The molecule has 3 aromatic heterocycles. The fourth-order valence-electron chi connectivity index (χ4n) is 3.01. The minimum Gasteiger partial charge on any atom is -0.506 e. The smallest absolute Gasteiger partial charge is 0.349 e. The third-order valence-corrected chi connectivity index (χ3v) is 4.32. The van der Waals surface area contributed by atoms with Gasteiger partial charge in [-0.15, -0.1) is 0 Å². The number of nitrogens with one attached hydrogen (secondary N) is 1. The van der Waals surface area contributed by atoms with Gasteiger partial charge in [-0.3, -0.25) is 4.40 Å². The Morgan fingerprint density at radius 3 is 2.67 bits per heavy atom. The van der Waals surface area contributed by atoms with Gasteiger partial charge in [-0.1, -0.05) is 23.7 Å². The second kappa shape index (κ2) is 6.03. The van der Waals surface area contributed by atoms with Crippen molar-refractivity contribution >= 4 is 34.0 Å². The molecule has 0 aliphatic carbocycles. The van der Waals surface area contributed by atoms with E-state index in [9.17, 15) is 9.90 Å². The van der Waals surface area contributed by atoms with Crippen LogP contribution in [0.15, 0.2) is 51.8 Å². The lowest BCUT2D eigenvalue weighted by Crippen LogP contribution is -2.27. The van der Waals surface area contributed by atoms with Crippen molar-refractivity contribution in [1.82, 2.24) is 9.38 Å². The second-order valence-corrected chi connectivity index (χ2v) is 7.81. The van der Waals surface area contributed by atoms with E-state index >= 15 is 0 Å². The van der Waals surface area contributed by atoms with Gasteiger partial charge in [0, 0.05) is 11.7 Å². The molecule has 4 rings (SSSR count). The van der Waals surface area contributed by atoms with Crippen molar-refractivity contribution < 1.29 is 9.52 Å². The average Bonchev–Trinajstić information content (AvgIpc) is 2.91. The molecule has 0 fully saturated rings. The summed E-state index contributed by atoms with van der Waals surface area (Å²) in [5.41, 5.74) is 0.260. The van der Waals surface area contributed by atoms with E-state index < -0.39 is 5.63 Å². The van der Waals surface area contributed by atoms with Crippen molar-refractivity contribution in [2.24, 2.45) is 0 Å². The number of hydrogen-bond acceptors (Lipinski definition) is 5. The zero-order chi connectivity index (χ0) is 19.3. The SMILES string of the molecule is CC(C)(C)Nc1c(-c2c(O)c3ccccc3oc2=O)nc2ccc(Cl)cn12. The Hall–Kier alpha value is -2.99. The first-order chi connectivity index (χ1) is 12.7. The van der Waals surface area contributed by atoms with Crippen LogP contribution in [-0.2, 0) is 0 Å². The first kappa shape index (κ1) is 17.4. The number of nitrogens with zero attached hydrogens (tertiary/aromatic N) is 2. The summed E-state index contributed by atoms with van der Waals surface area (Å²) < 4.78 is 7.18. The third-order valence-electron chi connectivity index (χ3n) is 4.10. The molecule has 6 nitrogen and oxygen atoms in total. The average molecular weight is 384 g/mol. The van der Waals surface area contributed by atoms with Crippen molar-refractivity contribution in [3.63, 3.8) is 0 Å². The fourth-order valence-corrected chi connectivity index (χ4v) is 3.17. The summed E-state index contributed by atoms with van der Waals surface area (Å²) in [6.45, 7) is 5.97. The van der Waals surface area contributed by atoms with E-state index in [1.165, 1.54) is 0 Å². The van der Waals surface area contributed by atoms with Crippen molar-refractivity contribution in [1.29, 1.82) is 0 Å². The molecule has 138 valence electrons. The number of aromatic hydroxyl groups is 1. The fraction of sp³-hybridized carbons (Fsp3) is 0.200. The van der Waals surface area contributed by atoms with Gasteiger partial charge in [0.25, 0.3) is 0 Å². The standard InChI is InChI=1S/C20H18ClN3O3/c1-20(2,3)23-18-16(22-14-9-8-11(21)10-24(14)18)15-17(25)12-6-4-5-7-13(12)27-19(15)26/h4-10,23,25H,1-3H3. The van der Waals surface area contributed by atoms with Crippen LogP contribution in [0.4, 0.5) is 5.82 Å². The largest absolute Gasteiger partial charge is 0.506 e. The number of imidazole rings is 1. The molecule has 1 aromatic carbocycles. The quantitative estimate of drug-likeness (QED) is 0.491. The Bertz CT molecular complexity index is 1240. The van der Waals surface area contributed by atoms with Crippen LogP contribution in [-0.4, -0.2) is 20.0 Å². The van der Waals surface area contributed by atoms with Crippen LogP contribution >= 0.6 is 11.6 Å². The van der Waals surface area contributed by atoms with Gasteiger partial charge in [0.15, 0.2) is 0 Å². The molecule has 0 saturated heterocycles. The predicted molar refractivity (Wildman–Crippen MR) is 107 cm³/mol. The number of halogens is 1. The van der Waals surface area contributed by atoms with E-state index in [4.69, 9.17) is 16.0 Å². The lowest BCUT2D eigenvalue weighted by molar-refractivity contribution is 0.471. The van der Waals surface area contributed by atoms with Crippen LogP contribution < -0.4 is 10.9 Å². The molecule has 7 heteroatoms. The molecule has 0 aliphatic heterocycles. The van der Waals surface area contributed by atoms with Crippen molar-refractivity contribution in [2.75, 3.05) is 5.32 Å². The molecular formula is C20H18ClN3O3. The Kier molecular flexibility index (Phi) is 3.89. The molecule has 0 amide bonds. The highest BCUT2D eigenvalue weighted by atomic mass is 35.5. The van der Waals surface area contributed by atoms with Crippen LogP contribution in [0.5, 0.6) is 5.75 Å². The van der Waals surface area contributed by atoms with Crippen molar-refractivity contribution in [2.45, 2.75) is 26.3 Å². The van der Waals surface area contributed by atoms with Crippen LogP contribution in [0, 0.1) is 0 Å². The molecule has 27 heavy (non-hydrogen) atoms. The van der Waals surface area contributed by atoms with Gasteiger partial charge in [-0.2, -0.15) is 0 Å². The number of fused-ring (bicyclic) bond motifs is 2. The highest BCUT2D eigenvalue weighted by Crippen LogP contribution is 2.37. The van der Waals surface area contributed by atoms with Gasteiger partial charge in [0.2, 0.25) is 0 Å². The minimum atomic E-state index is -0.655. The van der Waals surface area contributed by atoms with E-state index in [-0.39, 0.29) is 16.9 Å². The lowest BCUT2D eigenvalue weighted by atomic mass is 10.1. The molecule has 0 bridgehead atoms. The van der Waals surface area contributed by atoms with Crippen LogP contribution in [0.1, 0.15) is 20.8 Å². The second-order valence-electron chi connectivity index (χ2n) is 7.37. The molecule has 0 saturated carbocycles. The van der Waals surface area contributed by atoms with Gasteiger partial charge in [0.05, 0.1) is 10.4 Å². The molecule has 2 N–H and O–H groups in total. The summed E-state index contributed by atoms with van der Waals surface area (Å²) in [6.07, 6.45) is 1.71. The normalized spacial score (nSPS) is 12.0. The van der Waals surface area contributed by atoms with Crippen LogP contribution in [0.3, 0.4) is 0 Å². The van der Waals surface area contributed by atoms with Gasteiger partial charge >= 0.3 is 5.63 Å². The number of para-hydroxylation sites is 1. The first-order valence-corrected chi connectivity index (χ1v) is 8.83. The van der Waals surface area contributed by atoms with E-state index in [0.717, 1.165) is 0 Å². The molecule has 4 aromatic rings. The molecule has 0 aliphatic rings. The summed E-state index contributed by atoms with van der Waals surface area (Å²) >= 11 is 6.15. The maximum absolute atomic E-state index is 12.7.